The Labute approximate surface area is 61.6 Å². The summed E-state index contributed by atoms with van der Waals surface area (Å²) in [5, 5.41) is 0. The molecule has 0 radical (unpaired) electrons. The monoisotopic (exact) mass is 213 g/mol. The predicted molar refractivity (Wildman–Crippen MR) is 33.8 cm³/mol. The summed E-state index contributed by atoms with van der Waals surface area (Å²) < 4.78 is 0. The van der Waals surface area contributed by atoms with E-state index in [0.29, 0.717) is 0 Å². The van der Waals surface area contributed by atoms with E-state index in [-0.39, 0.29) is 0 Å². The first-order valence-electron chi connectivity index (χ1n) is 2.31. The normalized spacial score (nSPS) is 7.00. The molecule has 0 saturated carbocycles. The summed E-state index contributed by atoms with van der Waals surface area (Å²) in [6.07, 6.45) is 4.73. The molecule has 0 aromatic rings. The molecule has 0 spiro atoms. The van der Waals surface area contributed by atoms with Crippen molar-refractivity contribution in [3.8, 4) is 0 Å². The minimum absolute atomic E-state index is 1.26. The Hall–Kier alpha value is 0.999. The van der Waals surface area contributed by atoms with Crippen LogP contribution in [-0.2, 0) is 14.2 Å². The van der Waals surface area contributed by atoms with E-state index in [0.717, 1.165) is 0 Å². The van der Waals surface area contributed by atoms with Crippen LogP contribution in [0.1, 0.15) is 26.7 Å². The number of unbranched alkanes of at least 4 members (excludes halogenated alkanes) is 2. The molecule has 0 unspecified atom stereocenters. The van der Waals surface area contributed by atoms with Crippen LogP contribution in [0.15, 0.2) is 0 Å². The van der Waals surface area contributed by atoms with Gasteiger partial charge < -0.3 is 6.42 Å². The molecule has 0 nitrogen and oxygen atoms in total. The Balaban J connectivity index is 0. The molecule has 0 aromatic heterocycles. The van der Waals surface area contributed by atoms with Gasteiger partial charge in [-0.15, -0.1) is 0 Å². The molecule has 0 rings (SSSR count). The van der Waals surface area contributed by atoms with Crippen LogP contribution >= 0.6 is 14.1 Å². The molecule has 49 valence electrons. The standard InChI is InChI=1S/C5H11.BrH.Cu/c1-3-5-4-2;;/h3H,4-5H2,1-2H3;1H;/q-1;;+2/p-1. The van der Waals surface area contributed by atoms with Gasteiger partial charge in [-0.25, -0.2) is 0 Å². The number of rotatable bonds is 2. The van der Waals surface area contributed by atoms with E-state index in [1.165, 1.54) is 12.8 Å². The molecule has 0 amide bonds. The fourth-order valence-corrected chi connectivity index (χ4v) is 0.289. The van der Waals surface area contributed by atoms with Crippen molar-refractivity contribution in [2.45, 2.75) is 26.7 Å². The molecule has 2 heteroatoms. The van der Waals surface area contributed by atoms with E-state index in [4.69, 9.17) is 0 Å². The molecule has 0 saturated heterocycles. The van der Waals surface area contributed by atoms with Crippen LogP contribution in [0.3, 0.4) is 0 Å². The van der Waals surface area contributed by atoms with Crippen LogP contribution in [0.2, 0.25) is 0 Å². The summed E-state index contributed by atoms with van der Waals surface area (Å²) in [4.78, 5) is 0. The maximum absolute atomic E-state index is 4.00. The molecule has 0 aliphatic heterocycles. The zero-order valence-electron chi connectivity index (χ0n) is 4.67. The summed E-state index contributed by atoms with van der Waals surface area (Å²) in [5.74, 6) is 0. The van der Waals surface area contributed by atoms with Crippen molar-refractivity contribution in [3.05, 3.63) is 6.42 Å². The molecule has 0 fully saturated rings. The van der Waals surface area contributed by atoms with E-state index in [1.807, 2.05) is 0 Å². The molecule has 0 aliphatic rings. The van der Waals surface area contributed by atoms with Gasteiger partial charge >= 0.3 is 28.3 Å². The quantitative estimate of drug-likeness (QED) is 0.490. The van der Waals surface area contributed by atoms with Gasteiger partial charge in [0.05, 0.1) is 0 Å². The zero-order valence-corrected chi connectivity index (χ0v) is 7.20. The first-order chi connectivity index (χ1) is 3.41. The Morgan fingerprint density at radius 2 is 2.00 bits per heavy atom. The van der Waals surface area contributed by atoms with Gasteiger partial charge in [0.25, 0.3) is 0 Å². The molecular formula is C5H11BrCu. The van der Waals surface area contributed by atoms with E-state index in [2.05, 4.69) is 48.6 Å². The van der Waals surface area contributed by atoms with E-state index in [9.17, 15) is 0 Å². The molecule has 0 heterocycles. The number of halogens is 1. The van der Waals surface area contributed by atoms with Crippen molar-refractivity contribution in [3.63, 3.8) is 0 Å². The summed E-state index contributed by atoms with van der Waals surface area (Å²) in [6, 6.07) is 0. The third kappa shape index (κ3) is 19.4. The van der Waals surface area contributed by atoms with Crippen LogP contribution in [0, 0.1) is 6.42 Å². The third-order valence-corrected chi connectivity index (χ3v) is 0.577. The van der Waals surface area contributed by atoms with Gasteiger partial charge in [0.15, 0.2) is 0 Å². The van der Waals surface area contributed by atoms with Gasteiger partial charge in [-0.3, -0.25) is 0 Å². The summed E-state index contributed by atoms with van der Waals surface area (Å²) >= 11 is 6.50. The Kier molecular flexibility index (Phi) is 24.5. The number of hydrogen-bond donors (Lipinski definition) is 0. The van der Waals surface area contributed by atoms with Crippen LogP contribution in [0.25, 0.3) is 0 Å². The van der Waals surface area contributed by atoms with Gasteiger partial charge in [0.1, 0.15) is 0 Å². The second-order valence-corrected chi connectivity index (χ2v) is 1.20. The Morgan fingerprint density at radius 3 is 2.00 bits per heavy atom. The summed E-state index contributed by atoms with van der Waals surface area (Å²) in [7, 11) is 0. The Morgan fingerprint density at radius 1 is 1.57 bits per heavy atom. The topological polar surface area (TPSA) is 0 Å². The van der Waals surface area contributed by atoms with Crippen LogP contribution < -0.4 is 0 Å². The first-order valence-corrected chi connectivity index (χ1v) is 4.63. The van der Waals surface area contributed by atoms with Gasteiger partial charge in [0, 0.05) is 0 Å². The van der Waals surface area contributed by atoms with E-state index < -0.39 is 0 Å². The van der Waals surface area contributed by atoms with Gasteiger partial charge in [-0.2, -0.15) is 13.3 Å². The molecule has 0 aromatic carbocycles. The van der Waals surface area contributed by atoms with Crippen molar-refractivity contribution in [1.29, 1.82) is 0 Å². The van der Waals surface area contributed by atoms with Crippen LogP contribution in [0.5, 0.6) is 0 Å². The average molecular weight is 215 g/mol. The van der Waals surface area contributed by atoms with Crippen molar-refractivity contribution < 1.29 is 14.2 Å². The molecule has 0 bridgehead atoms. The van der Waals surface area contributed by atoms with E-state index >= 15 is 0 Å². The molecule has 0 N–H and O–H groups in total. The zero-order chi connectivity index (χ0) is 6.12. The van der Waals surface area contributed by atoms with Crippen molar-refractivity contribution >= 4 is 14.1 Å². The van der Waals surface area contributed by atoms with Gasteiger partial charge in [-0.05, 0) is 0 Å². The Bertz CT molecular complexity index is 15.6. The van der Waals surface area contributed by atoms with Crippen molar-refractivity contribution in [1.82, 2.24) is 0 Å². The third-order valence-electron chi connectivity index (χ3n) is 0.577. The van der Waals surface area contributed by atoms with Crippen LogP contribution in [0.4, 0.5) is 0 Å². The summed E-state index contributed by atoms with van der Waals surface area (Å²) in [6.45, 7) is 4.27. The van der Waals surface area contributed by atoms with Gasteiger partial charge in [-0.1, -0.05) is 13.3 Å². The fraction of sp³-hybridized carbons (Fsp3) is 0.800. The minimum atomic E-state index is 1.26. The maximum atomic E-state index is 4.00. The van der Waals surface area contributed by atoms with Crippen molar-refractivity contribution in [2.75, 3.05) is 0 Å². The predicted octanol–water partition coefficient (Wildman–Crippen LogP) is 2.85. The van der Waals surface area contributed by atoms with Crippen LogP contribution in [-0.4, -0.2) is 0 Å². The molecular weight excluding hydrogens is 204 g/mol. The number of hydrogen-bond acceptors (Lipinski definition) is 0. The second kappa shape index (κ2) is 15.8. The average Bonchev–Trinajstić information content (AvgIpc) is 1.75. The molecule has 7 heavy (non-hydrogen) atoms. The van der Waals surface area contributed by atoms with Crippen molar-refractivity contribution in [2.24, 2.45) is 0 Å². The second-order valence-electron chi connectivity index (χ2n) is 1.20. The first kappa shape index (κ1) is 10.9. The fourth-order valence-electron chi connectivity index (χ4n) is 0.289. The van der Waals surface area contributed by atoms with Gasteiger partial charge in [0.2, 0.25) is 0 Å². The molecule has 0 atom stereocenters. The molecule has 0 aliphatic carbocycles. The SMILES string of the molecule is C[CH-]CCC.[Cu+][Br]. The summed E-state index contributed by atoms with van der Waals surface area (Å²) in [5.41, 5.74) is 0. The van der Waals surface area contributed by atoms with E-state index in [1.54, 1.807) is 0 Å².